The van der Waals surface area contributed by atoms with Gasteiger partial charge in [-0.15, -0.1) is 0 Å². The average molecular weight is 463 g/mol. The van der Waals surface area contributed by atoms with Gasteiger partial charge in [0.25, 0.3) is 6.43 Å². The Labute approximate surface area is 182 Å². The van der Waals surface area contributed by atoms with Crippen molar-refractivity contribution in [2.24, 2.45) is 5.92 Å². The number of anilines is 1. The van der Waals surface area contributed by atoms with E-state index in [1.807, 2.05) is 4.72 Å². The first kappa shape index (κ1) is 23.1. The van der Waals surface area contributed by atoms with E-state index in [9.17, 15) is 37.2 Å². The van der Waals surface area contributed by atoms with Crippen LogP contribution in [0, 0.1) is 24.2 Å². The van der Waals surface area contributed by atoms with Crippen molar-refractivity contribution < 1.29 is 31.9 Å². The van der Waals surface area contributed by atoms with E-state index in [0.29, 0.717) is 5.56 Å². The van der Waals surface area contributed by atoms with Crippen molar-refractivity contribution in [3.05, 3.63) is 58.3 Å². The fourth-order valence-electron chi connectivity index (χ4n) is 3.28. The lowest BCUT2D eigenvalue weighted by atomic mass is 9.98. The molecule has 1 saturated heterocycles. The van der Waals surface area contributed by atoms with Crippen LogP contribution >= 0.6 is 0 Å². The van der Waals surface area contributed by atoms with E-state index < -0.39 is 45.5 Å². The summed E-state index contributed by atoms with van der Waals surface area (Å²) in [6.45, 7) is 1.64. The third kappa shape index (κ3) is 5.00. The number of hydrogen-bond acceptors (Lipinski definition) is 8. The summed E-state index contributed by atoms with van der Waals surface area (Å²) in [7, 11) is -3.96. The normalized spacial score (nSPS) is 14.0. The minimum atomic E-state index is -3.96. The number of amides is 1. The number of carbonyl (C=O) groups excluding carboxylic acids is 2. The highest BCUT2D eigenvalue weighted by molar-refractivity contribution is 7.89. The summed E-state index contributed by atoms with van der Waals surface area (Å²) in [5.41, 5.74) is -0.840. The van der Waals surface area contributed by atoms with Gasteiger partial charge in [-0.3, -0.25) is 9.52 Å². The molecule has 0 radical (unpaired) electrons. The Morgan fingerprint density at radius 1 is 1.34 bits per heavy atom. The standard InChI is InChI=1S/C20H18F2N4O5S/c1-11-3-2-4-12(5-11)10-32(30,31)25-19(27)14-8-26(9-14)18-13(7-23)6-15(20(28)29)16(24-18)17(21)22/h2-6,14,17H,8-10H2,1H3,(H,25,27)(H,28,29)/p-1. The predicted molar refractivity (Wildman–Crippen MR) is 106 cm³/mol. The minimum absolute atomic E-state index is 0.0825. The Bertz CT molecular complexity index is 1220. The molecule has 9 nitrogen and oxygen atoms in total. The number of alkyl halides is 2. The van der Waals surface area contributed by atoms with Gasteiger partial charge >= 0.3 is 0 Å². The Kier molecular flexibility index (Phi) is 6.40. The van der Waals surface area contributed by atoms with Gasteiger partial charge in [-0.2, -0.15) is 5.26 Å². The van der Waals surface area contributed by atoms with Gasteiger partial charge in [-0.05, 0) is 18.6 Å². The number of pyridine rings is 1. The molecule has 0 bridgehead atoms. The van der Waals surface area contributed by atoms with Crippen LogP contribution in [0.25, 0.3) is 0 Å². The number of halogens is 2. The zero-order valence-corrected chi connectivity index (χ0v) is 17.5. The van der Waals surface area contributed by atoms with Crippen molar-refractivity contribution in [3.8, 4) is 6.07 Å². The van der Waals surface area contributed by atoms with Crippen molar-refractivity contribution in [3.63, 3.8) is 0 Å². The molecule has 32 heavy (non-hydrogen) atoms. The summed E-state index contributed by atoms with van der Waals surface area (Å²) in [6.07, 6.45) is -3.22. The van der Waals surface area contributed by atoms with Crippen LogP contribution < -0.4 is 14.7 Å². The van der Waals surface area contributed by atoms with Gasteiger partial charge in [0, 0.05) is 18.7 Å². The molecule has 1 fully saturated rings. The summed E-state index contributed by atoms with van der Waals surface area (Å²) in [4.78, 5) is 28.3. The monoisotopic (exact) mass is 463 g/mol. The molecule has 0 aliphatic carbocycles. The maximum Gasteiger partial charge on any atom is 0.281 e. The number of aromatic carboxylic acids is 1. The summed E-state index contributed by atoms with van der Waals surface area (Å²) in [5.74, 6) is -4.05. The number of carbonyl (C=O) groups is 2. The van der Waals surface area contributed by atoms with Gasteiger partial charge in [0.1, 0.15) is 17.6 Å². The number of hydrogen-bond donors (Lipinski definition) is 1. The Hall–Kier alpha value is -3.59. The van der Waals surface area contributed by atoms with Crippen LogP contribution in [0.1, 0.15) is 39.2 Å². The lowest BCUT2D eigenvalue weighted by molar-refractivity contribution is -0.255. The van der Waals surface area contributed by atoms with Crippen LogP contribution in [-0.4, -0.2) is 38.4 Å². The number of rotatable bonds is 7. The van der Waals surface area contributed by atoms with Crippen LogP contribution in [0.15, 0.2) is 30.3 Å². The topological polar surface area (TPSA) is 143 Å². The smallest absolute Gasteiger partial charge is 0.281 e. The molecule has 0 spiro atoms. The van der Waals surface area contributed by atoms with Crippen LogP contribution in [0.3, 0.4) is 0 Å². The number of aryl methyl sites for hydroxylation is 1. The van der Waals surface area contributed by atoms with E-state index in [1.165, 1.54) is 4.90 Å². The molecule has 168 valence electrons. The zero-order valence-electron chi connectivity index (χ0n) is 16.7. The second kappa shape index (κ2) is 8.88. The van der Waals surface area contributed by atoms with Crippen LogP contribution in [0.4, 0.5) is 14.6 Å². The van der Waals surface area contributed by atoms with E-state index in [2.05, 4.69) is 4.98 Å². The van der Waals surface area contributed by atoms with Crippen LogP contribution in [0.2, 0.25) is 0 Å². The van der Waals surface area contributed by atoms with Gasteiger partial charge < -0.3 is 14.8 Å². The number of aromatic nitrogens is 1. The molecule has 1 aliphatic rings. The molecule has 0 atom stereocenters. The second-order valence-electron chi connectivity index (χ2n) is 7.31. The summed E-state index contributed by atoms with van der Waals surface area (Å²) < 4.78 is 53.0. The number of nitriles is 1. The summed E-state index contributed by atoms with van der Waals surface area (Å²) >= 11 is 0. The SMILES string of the molecule is Cc1cccc(CS(=O)(=O)NC(=O)C2CN(c3nc(C(F)F)c(C(=O)[O-])cc3C#N)C2)c1. The van der Waals surface area contributed by atoms with Gasteiger partial charge in [0.15, 0.2) is 0 Å². The molecule has 1 amide bonds. The Balaban J connectivity index is 1.70. The van der Waals surface area contributed by atoms with Crippen molar-refractivity contribution in [1.29, 1.82) is 5.26 Å². The zero-order chi connectivity index (χ0) is 23.6. The largest absolute Gasteiger partial charge is 0.545 e. The van der Waals surface area contributed by atoms with Gasteiger partial charge in [-0.25, -0.2) is 22.2 Å². The molecular weight excluding hydrogens is 446 g/mol. The molecule has 1 N–H and O–H groups in total. The Morgan fingerprint density at radius 2 is 2.03 bits per heavy atom. The number of nitrogens with zero attached hydrogens (tertiary/aromatic N) is 3. The lowest BCUT2D eigenvalue weighted by Crippen LogP contribution is -2.55. The van der Waals surface area contributed by atoms with Gasteiger partial charge in [-0.1, -0.05) is 29.8 Å². The fraction of sp³-hybridized carbons (Fsp3) is 0.300. The van der Waals surface area contributed by atoms with Gasteiger partial charge in [0.05, 0.1) is 23.2 Å². The van der Waals surface area contributed by atoms with E-state index in [1.54, 1.807) is 37.3 Å². The van der Waals surface area contributed by atoms with Gasteiger partial charge in [0.2, 0.25) is 15.9 Å². The molecular formula is C20H17F2N4O5S-. The highest BCUT2D eigenvalue weighted by atomic mass is 32.2. The number of nitrogens with one attached hydrogen (secondary N) is 1. The molecule has 0 unspecified atom stereocenters. The third-order valence-corrected chi connectivity index (χ3v) is 6.05. The van der Waals surface area contributed by atoms with E-state index in [0.717, 1.165) is 11.6 Å². The number of carboxylic acids is 1. The second-order valence-corrected chi connectivity index (χ2v) is 9.03. The van der Waals surface area contributed by atoms with E-state index in [-0.39, 0.29) is 30.2 Å². The van der Waals surface area contributed by atoms with Crippen molar-refractivity contribution >= 4 is 27.7 Å². The molecule has 0 saturated carbocycles. The summed E-state index contributed by atoms with van der Waals surface area (Å²) in [5, 5.41) is 20.3. The first-order valence-corrected chi connectivity index (χ1v) is 11.0. The molecule has 3 rings (SSSR count). The number of carboxylic acid groups (broad SMARTS) is 1. The highest BCUT2D eigenvalue weighted by Crippen LogP contribution is 2.31. The highest BCUT2D eigenvalue weighted by Gasteiger charge is 2.37. The molecule has 2 heterocycles. The number of benzene rings is 1. The Morgan fingerprint density at radius 3 is 2.59 bits per heavy atom. The van der Waals surface area contributed by atoms with E-state index in [4.69, 9.17) is 0 Å². The molecule has 1 aromatic heterocycles. The molecule has 2 aromatic rings. The van der Waals surface area contributed by atoms with Crippen molar-refractivity contribution in [2.75, 3.05) is 18.0 Å². The lowest BCUT2D eigenvalue weighted by Gasteiger charge is -2.39. The van der Waals surface area contributed by atoms with E-state index >= 15 is 0 Å². The summed E-state index contributed by atoms with van der Waals surface area (Å²) in [6, 6.07) is 9.24. The molecule has 12 heteroatoms. The fourth-order valence-corrected chi connectivity index (χ4v) is 4.45. The molecule has 1 aromatic carbocycles. The predicted octanol–water partition coefficient (Wildman–Crippen LogP) is 0.645. The maximum atomic E-state index is 13.2. The first-order chi connectivity index (χ1) is 15.0. The maximum absolute atomic E-state index is 13.2. The van der Waals surface area contributed by atoms with Crippen LogP contribution in [0.5, 0.6) is 0 Å². The first-order valence-electron chi connectivity index (χ1n) is 9.30. The quantitative estimate of drug-likeness (QED) is 0.630. The molecule has 1 aliphatic heterocycles. The van der Waals surface area contributed by atoms with Crippen LogP contribution in [-0.2, 0) is 20.6 Å². The minimum Gasteiger partial charge on any atom is -0.545 e. The van der Waals surface area contributed by atoms with Crippen molar-refractivity contribution in [2.45, 2.75) is 19.1 Å². The third-order valence-electron chi connectivity index (χ3n) is 4.83. The number of sulfonamides is 1. The van der Waals surface area contributed by atoms with Crippen molar-refractivity contribution in [1.82, 2.24) is 9.71 Å². The average Bonchev–Trinajstić information content (AvgIpc) is 2.65.